The van der Waals surface area contributed by atoms with Gasteiger partial charge in [0.25, 0.3) is 10.1 Å². The smallest absolute Gasteiger partial charge is 0.296 e. The number of hydrogen-bond acceptors (Lipinski definition) is 7. The van der Waals surface area contributed by atoms with Crippen molar-refractivity contribution in [1.29, 1.82) is 0 Å². The van der Waals surface area contributed by atoms with Gasteiger partial charge in [-0.05, 0) is 30.2 Å². The van der Waals surface area contributed by atoms with Crippen LogP contribution in [0, 0.1) is 6.92 Å². The number of H-pyrrole nitrogens is 1. The number of rotatable bonds is 6. The molecule has 9 nitrogen and oxygen atoms in total. The first-order valence-electron chi connectivity index (χ1n) is 8.74. The van der Waals surface area contributed by atoms with Crippen LogP contribution in [-0.2, 0) is 16.7 Å². The normalized spacial score (nSPS) is 11.5. The van der Waals surface area contributed by atoms with E-state index in [0.717, 1.165) is 5.56 Å². The molecule has 4 aromatic rings. The Morgan fingerprint density at radius 2 is 1.90 bits per heavy atom. The third kappa shape index (κ3) is 4.18. The lowest BCUT2D eigenvalue weighted by Crippen LogP contribution is -2.08. The molecule has 0 atom stereocenters. The minimum atomic E-state index is -4.42. The lowest BCUT2D eigenvalue weighted by molar-refractivity contribution is 0.483. The van der Waals surface area contributed by atoms with Crippen LogP contribution in [0.1, 0.15) is 11.1 Å². The predicted octanol–water partition coefficient (Wildman–Crippen LogP) is 3.26. The van der Waals surface area contributed by atoms with Crippen LogP contribution in [0.3, 0.4) is 0 Å². The highest BCUT2D eigenvalue weighted by atomic mass is 32.2. The zero-order chi connectivity index (χ0) is 20.4. The molecule has 2 heterocycles. The molecule has 29 heavy (non-hydrogen) atoms. The maximum atomic E-state index is 11.7. The molecule has 0 aliphatic carbocycles. The van der Waals surface area contributed by atoms with Crippen LogP contribution in [0.5, 0.6) is 0 Å². The van der Waals surface area contributed by atoms with Crippen molar-refractivity contribution in [1.82, 2.24) is 19.9 Å². The molecular weight excluding hydrogens is 392 g/mol. The number of nitrogens with zero attached hydrogens (tertiary/aromatic N) is 3. The SMILES string of the molecule is Cc1ccc(Nc2nc(NCc3ccccc3)c3[nH]cnc3n2)c(S(=O)(=O)O)c1. The van der Waals surface area contributed by atoms with Gasteiger partial charge in [0, 0.05) is 6.54 Å². The molecule has 148 valence electrons. The summed E-state index contributed by atoms with van der Waals surface area (Å²) in [5.41, 5.74) is 2.98. The Morgan fingerprint density at radius 1 is 1.10 bits per heavy atom. The summed E-state index contributed by atoms with van der Waals surface area (Å²) in [5.74, 6) is 0.660. The minimum Gasteiger partial charge on any atom is -0.364 e. The number of hydrogen-bond donors (Lipinski definition) is 4. The Morgan fingerprint density at radius 3 is 2.66 bits per heavy atom. The fourth-order valence-electron chi connectivity index (χ4n) is 2.87. The second kappa shape index (κ2) is 7.49. The topological polar surface area (TPSA) is 133 Å². The Labute approximate surface area is 167 Å². The van der Waals surface area contributed by atoms with Gasteiger partial charge in [0.2, 0.25) is 5.95 Å². The van der Waals surface area contributed by atoms with Crippen molar-refractivity contribution in [2.24, 2.45) is 0 Å². The number of aromatic amines is 1. The first kappa shape index (κ1) is 18.8. The van der Waals surface area contributed by atoms with Crippen LogP contribution < -0.4 is 10.6 Å². The molecule has 4 N–H and O–H groups in total. The number of aryl methyl sites for hydroxylation is 1. The van der Waals surface area contributed by atoms with E-state index in [4.69, 9.17) is 0 Å². The van der Waals surface area contributed by atoms with Gasteiger partial charge < -0.3 is 15.6 Å². The van der Waals surface area contributed by atoms with E-state index in [1.54, 1.807) is 19.1 Å². The van der Waals surface area contributed by atoms with Crippen molar-refractivity contribution in [2.45, 2.75) is 18.4 Å². The molecular formula is C19H18N6O3S. The van der Waals surface area contributed by atoms with E-state index in [9.17, 15) is 13.0 Å². The third-order valence-electron chi connectivity index (χ3n) is 4.25. The van der Waals surface area contributed by atoms with E-state index in [2.05, 4.69) is 30.6 Å². The van der Waals surface area contributed by atoms with Crippen LogP contribution in [0.25, 0.3) is 11.2 Å². The molecule has 2 aromatic heterocycles. The summed E-state index contributed by atoms with van der Waals surface area (Å²) in [6, 6.07) is 14.5. The van der Waals surface area contributed by atoms with Gasteiger partial charge in [-0.3, -0.25) is 4.55 Å². The second-order valence-corrected chi connectivity index (χ2v) is 7.83. The van der Waals surface area contributed by atoms with Crippen molar-refractivity contribution < 1.29 is 13.0 Å². The van der Waals surface area contributed by atoms with Crippen molar-refractivity contribution in [3.63, 3.8) is 0 Å². The average Bonchev–Trinajstić information content (AvgIpc) is 3.16. The maximum absolute atomic E-state index is 11.7. The highest BCUT2D eigenvalue weighted by Crippen LogP contribution is 2.27. The Bertz CT molecular complexity index is 1270. The van der Waals surface area contributed by atoms with Crippen LogP contribution >= 0.6 is 0 Å². The van der Waals surface area contributed by atoms with Gasteiger partial charge in [0.1, 0.15) is 10.4 Å². The Balaban J connectivity index is 1.69. The number of imidazole rings is 1. The summed E-state index contributed by atoms with van der Waals surface area (Å²) in [6.45, 7) is 2.27. The van der Waals surface area contributed by atoms with Gasteiger partial charge >= 0.3 is 0 Å². The fraction of sp³-hybridized carbons (Fsp3) is 0.105. The summed E-state index contributed by atoms with van der Waals surface area (Å²) in [5, 5.41) is 6.11. The highest BCUT2D eigenvalue weighted by Gasteiger charge is 2.18. The maximum Gasteiger partial charge on any atom is 0.296 e. The number of nitrogens with one attached hydrogen (secondary N) is 3. The molecule has 0 saturated heterocycles. The molecule has 0 spiro atoms. The van der Waals surface area contributed by atoms with E-state index < -0.39 is 10.1 Å². The van der Waals surface area contributed by atoms with E-state index in [1.165, 1.54) is 12.4 Å². The third-order valence-corrected chi connectivity index (χ3v) is 5.14. The monoisotopic (exact) mass is 410 g/mol. The van der Waals surface area contributed by atoms with Gasteiger partial charge in [-0.25, -0.2) is 4.98 Å². The first-order valence-corrected chi connectivity index (χ1v) is 10.2. The quantitative estimate of drug-likeness (QED) is 0.356. The molecule has 0 aliphatic rings. The van der Waals surface area contributed by atoms with E-state index in [0.29, 0.717) is 29.1 Å². The number of fused-ring (bicyclic) bond motifs is 1. The van der Waals surface area contributed by atoms with Crippen molar-refractivity contribution in [3.8, 4) is 0 Å². The molecule has 4 rings (SSSR count). The van der Waals surface area contributed by atoms with Crippen molar-refractivity contribution >= 4 is 38.7 Å². The summed E-state index contributed by atoms with van der Waals surface area (Å²) < 4.78 is 33.0. The van der Waals surface area contributed by atoms with Crippen LogP contribution in [0.15, 0.2) is 59.8 Å². The van der Waals surface area contributed by atoms with Gasteiger partial charge in [0.05, 0.1) is 12.0 Å². The van der Waals surface area contributed by atoms with E-state index in [1.807, 2.05) is 30.3 Å². The second-order valence-electron chi connectivity index (χ2n) is 6.44. The standard InChI is InChI=1S/C19H18N6O3S/c1-12-7-8-14(15(9-12)29(26,27)28)23-19-24-17(16-18(25-19)22-11-21-16)20-10-13-5-3-2-4-6-13/h2-9,11H,10H2,1H3,(H,26,27,28)(H3,20,21,22,23,24,25). The zero-order valence-corrected chi connectivity index (χ0v) is 16.2. The molecule has 0 unspecified atom stereocenters. The molecule has 0 amide bonds. The molecule has 10 heteroatoms. The number of benzene rings is 2. The van der Waals surface area contributed by atoms with E-state index >= 15 is 0 Å². The zero-order valence-electron chi connectivity index (χ0n) is 15.4. The molecule has 0 fully saturated rings. The lowest BCUT2D eigenvalue weighted by atomic mass is 10.2. The first-order chi connectivity index (χ1) is 13.9. The predicted molar refractivity (Wildman–Crippen MR) is 110 cm³/mol. The number of anilines is 3. The summed E-state index contributed by atoms with van der Waals surface area (Å²) in [6.07, 6.45) is 1.51. The molecule has 0 aliphatic heterocycles. The molecule has 2 aromatic carbocycles. The summed E-state index contributed by atoms with van der Waals surface area (Å²) in [4.78, 5) is 15.7. The summed E-state index contributed by atoms with van der Waals surface area (Å²) >= 11 is 0. The Kier molecular flexibility index (Phi) is 4.87. The van der Waals surface area contributed by atoms with Gasteiger partial charge in [-0.15, -0.1) is 0 Å². The summed E-state index contributed by atoms with van der Waals surface area (Å²) in [7, 11) is -4.42. The minimum absolute atomic E-state index is 0.147. The lowest BCUT2D eigenvalue weighted by Gasteiger charge is -2.12. The van der Waals surface area contributed by atoms with Crippen LogP contribution in [-0.4, -0.2) is 32.9 Å². The Hall–Kier alpha value is -3.50. The molecule has 0 radical (unpaired) electrons. The fourth-order valence-corrected chi connectivity index (χ4v) is 3.60. The average molecular weight is 410 g/mol. The van der Waals surface area contributed by atoms with Crippen molar-refractivity contribution in [3.05, 3.63) is 66.0 Å². The van der Waals surface area contributed by atoms with Crippen LogP contribution in [0.2, 0.25) is 0 Å². The number of aromatic nitrogens is 4. The highest BCUT2D eigenvalue weighted by molar-refractivity contribution is 7.86. The van der Waals surface area contributed by atoms with Gasteiger partial charge in [0.15, 0.2) is 11.5 Å². The molecule has 0 bridgehead atoms. The van der Waals surface area contributed by atoms with Crippen molar-refractivity contribution in [2.75, 3.05) is 10.6 Å². The largest absolute Gasteiger partial charge is 0.364 e. The van der Waals surface area contributed by atoms with Gasteiger partial charge in [-0.1, -0.05) is 36.4 Å². The van der Waals surface area contributed by atoms with Gasteiger partial charge in [-0.2, -0.15) is 18.4 Å². The van der Waals surface area contributed by atoms with Crippen LogP contribution in [0.4, 0.5) is 17.5 Å². The van der Waals surface area contributed by atoms with E-state index in [-0.39, 0.29) is 16.5 Å². The molecule has 0 saturated carbocycles.